The minimum absolute atomic E-state index is 0.597. The van der Waals surface area contributed by atoms with Gasteiger partial charge in [-0.1, -0.05) is 29.7 Å². The first-order valence-electron chi connectivity index (χ1n) is 5.58. The summed E-state index contributed by atoms with van der Waals surface area (Å²) in [6.07, 6.45) is 1.68. The van der Waals surface area contributed by atoms with E-state index in [0.717, 1.165) is 31.5 Å². The zero-order chi connectivity index (χ0) is 10.9. The Morgan fingerprint density at radius 2 is 1.73 bits per heavy atom. The fourth-order valence-electron chi connectivity index (χ4n) is 2.14. The second-order valence-electron chi connectivity index (χ2n) is 4.70. The third kappa shape index (κ3) is 2.24. The van der Waals surface area contributed by atoms with E-state index in [1.54, 1.807) is 0 Å². The molecule has 0 unspecified atom stereocenters. The largest absolute Gasteiger partial charge is 0.385 e. The van der Waals surface area contributed by atoms with Crippen molar-refractivity contribution in [2.24, 2.45) is 0 Å². The summed E-state index contributed by atoms with van der Waals surface area (Å²) in [6.45, 7) is 1.95. The summed E-state index contributed by atoms with van der Waals surface area (Å²) in [7, 11) is 4.18. The summed E-state index contributed by atoms with van der Waals surface area (Å²) in [5.41, 5.74) is 1.72. The average molecular weight is 203 g/mol. The summed E-state index contributed by atoms with van der Waals surface area (Å²) in [4.78, 5) is 2.27. The number of nitrogens with zero attached hydrogens (tertiary/aromatic N) is 1. The molecule has 1 aliphatic rings. The number of benzene rings is 1. The molecular formula is C12H18BNO. The summed E-state index contributed by atoms with van der Waals surface area (Å²) >= 11 is 0. The molecule has 0 spiro atoms. The quantitative estimate of drug-likeness (QED) is 0.642. The lowest BCUT2D eigenvalue weighted by atomic mass is 9.83. The van der Waals surface area contributed by atoms with Gasteiger partial charge in [0.1, 0.15) is 7.85 Å². The van der Waals surface area contributed by atoms with Crippen molar-refractivity contribution < 1.29 is 5.11 Å². The maximum absolute atomic E-state index is 10.5. The maximum Gasteiger partial charge on any atom is 0.139 e. The Labute approximate surface area is 92.3 Å². The van der Waals surface area contributed by atoms with Crippen molar-refractivity contribution in [1.29, 1.82) is 0 Å². The third-order valence-electron chi connectivity index (χ3n) is 3.40. The van der Waals surface area contributed by atoms with Gasteiger partial charge in [-0.2, -0.15) is 0 Å². The van der Waals surface area contributed by atoms with Crippen LogP contribution in [-0.4, -0.2) is 38.0 Å². The van der Waals surface area contributed by atoms with E-state index in [4.69, 9.17) is 0 Å². The molecule has 0 saturated carbocycles. The van der Waals surface area contributed by atoms with Gasteiger partial charge in [0.15, 0.2) is 0 Å². The SMILES string of the molecule is Bc1ccc(C2(O)CCN(C)CC2)cc1. The minimum atomic E-state index is -0.597. The fourth-order valence-corrected chi connectivity index (χ4v) is 2.14. The van der Waals surface area contributed by atoms with Crippen LogP contribution >= 0.6 is 0 Å². The molecule has 2 rings (SSSR count). The van der Waals surface area contributed by atoms with Crippen molar-refractivity contribution >= 4 is 13.3 Å². The molecule has 0 bridgehead atoms. The second kappa shape index (κ2) is 3.99. The number of hydrogen-bond donors (Lipinski definition) is 1. The van der Waals surface area contributed by atoms with Crippen LogP contribution in [0.25, 0.3) is 0 Å². The molecule has 1 heterocycles. The molecule has 0 amide bonds. The van der Waals surface area contributed by atoms with Crippen molar-refractivity contribution in [2.75, 3.05) is 20.1 Å². The molecule has 1 fully saturated rings. The third-order valence-corrected chi connectivity index (χ3v) is 3.40. The zero-order valence-electron chi connectivity index (χ0n) is 9.53. The highest BCUT2D eigenvalue weighted by Crippen LogP contribution is 2.31. The van der Waals surface area contributed by atoms with Gasteiger partial charge >= 0.3 is 0 Å². The predicted octanol–water partition coefficient (Wildman–Crippen LogP) is -0.142. The molecular weight excluding hydrogens is 185 g/mol. The maximum atomic E-state index is 10.5. The highest BCUT2D eigenvalue weighted by molar-refractivity contribution is 6.32. The molecule has 1 aromatic carbocycles. The van der Waals surface area contributed by atoms with E-state index >= 15 is 0 Å². The normalized spacial score (nSPS) is 21.5. The van der Waals surface area contributed by atoms with Crippen LogP contribution < -0.4 is 5.46 Å². The van der Waals surface area contributed by atoms with Gasteiger partial charge in [-0.25, -0.2) is 0 Å². The molecule has 0 atom stereocenters. The molecule has 1 aromatic rings. The zero-order valence-corrected chi connectivity index (χ0v) is 9.53. The van der Waals surface area contributed by atoms with E-state index in [1.165, 1.54) is 5.46 Å². The number of rotatable bonds is 1. The van der Waals surface area contributed by atoms with Gasteiger partial charge in [0.05, 0.1) is 5.60 Å². The number of piperidine rings is 1. The summed E-state index contributed by atoms with van der Waals surface area (Å²) in [5, 5.41) is 10.5. The lowest BCUT2D eigenvalue weighted by Crippen LogP contribution is -2.40. The van der Waals surface area contributed by atoms with Crippen LogP contribution in [0.3, 0.4) is 0 Å². The van der Waals surface area contributed by atoms with E-state index < -0.39 is 5.60 Å². The van der Waals surface area contributed by atoms with Gasteiger partial charge in [-0.15, -0.1) is 0 Å². The molecule has 80 valence electrons. The van der Waals surface area contributed by atoms with Crippen LogP contribution in [0.15, 0.2) is 24.3 Å². The molecule has 1 aliphatic heterocycles. The summed E-state index contributed by atoms with van der Waals surface area (Å²) in [5.74, 6) is 0. The van der Waals surface area contributed by atoms with Crippen molar-refractivity contribution in [3.8, 4) is 0 Å². The Morgan fingerprint density at radius 1 is 1.20 bits per heavy atom. The number of likely N-dealkylation sites (tertiary alicyclic amines) is 1. The van der Waals surface area contributed by atoms with E-state index in [1.807, 2.05) is 0 Å². The smallest absolute Gasteiger partial charge is 0.139 e. The van der Waals surface area contributed by atoms with Gasteiger partial charge in [-0.3, -0.25) is 0 Å². The Hall–Kier alpha value is -0.795. The van der Waals surface area contributed by atoms with Crippen LogP contribution in [0.1, 0.15) is 18.4 Å². The molecule has 15 heavy (non-hydrogen) atoms. The molecule has 2 nitrogen and oxygen atoms in total. The first-order valence-corrected chi connectivity index (χ1v) is 5.58. The molecule has 0 aliphatic carbocycles. The number of hydrogen-bond acceptors (Lipinski definition) is 2. The highest BCUT2D eigenvalue weighted by atomic mass is 16.3. The van der Waals surface area contributed by atoms with Crippen molar-refractivity contribution in [3.05, 3.63) is 29.8 Å². The van der Waals surface area contributed by atoms with E-state index in [2.05, 4.69) is 44.1 Å². The number of aliphatic hydroxyl groups is 1. The summed E-state index contributed by atoms with van der Waals surface area (Å²) < 4.78 is 0. The van der Waals surface area contributed by atoms with Crippen molar-refractivity contribution in [3.63, 3.8) is 0 Å². The Balaban J connectivity index is 2.18. The molecule has 0 aromatic heterocycles. The Bertz CT molecular complexity index is 328. The van der Waals surface area contributed by atoms with Crippen LogP contribution in [0.2, 0.25) is 0 Å². The lowest BCUT2D eigenvalue weighted by molar-refractivity contribution is -0.0202. The standard InChI is InChI=1S/C12H18BNO/c1-14-8-6-12(15,7-9-14)10-2-4-11(13)5-3-10/h2-5,15H,6-9,13H2,1H3. The topological polar surface area (TPSA) is 23.5 Å². The highest BCUT2D eigenvalue weighted by Gasteiger charge is 2.32. The van der Waals surface area contributed by atoms with Gasteiger partial charge in [0.25, 0.3) is 0 Å². The summed E-state index contributed by atoms with van der Waals surface area (Å²) in [6, 6.07) is 8.26. The van der Waals surface area contributed by atoms with Gasteiger partial charge < -0.3 is 10.0 Å². The Morgan fingerprint density at radius 3 is 2.27 bits per heavy atom. The molecule has 1 saturated heterocycles. The van der Waals surface area contributed by atoms with Crippen LogP contribution in [0.5, 0.6) is 0 Å². The van der Waals surface area contributed by atoms with Gasteiger partial charge in [0.2, 0.25) is 0 Å². The van der Waals surface area contributed by atoms with E-state index in [9.17, 15) is 5.11 Å². The van der Waals surface area contributed by atoms with E-state index in [0.29, 0.717) is 0 Å². The average Bonchev–Trinajstić information content (AvgIpc) is 2.24. The van der Waals surface area contributed by atoms with Crippen LogP contribution in [-0.2, 0) is 5.60 Å². The van der Waals surface area contributed by atoms with Crippen LogP contribution in [0, 0.1) is 0 Å². The lowest BCUT2D eigenvalue weighted by Gasteiger charge is -2.37. The Kier molecular flexibility index (Phi) is 2.85. The van der Waals surface area contributed by atoms with Crippen molar-refractivity contribution in [1.82, 2.24) is 4.90 Å². The first kappa shape index (κ1) is 10.7. The minimum Gasteiger partial charge on any atom is -0.385 e. The molecule has 0 radical (unpaired) electrons. The van der Waals surface area contributed by atoms with E-state index in [-0.39, 0.29) is 0 Å². The van der Waals surface area contributed by atoms with Crippen molar-refractivity contribution in [2.45, 2.75) is 18.4 Å². The van der Waals surface area contributed by atoms with Crippen LogP contribution in [0.4, 0.5) is 0 Å². The fraction of sp³-hybridized carbons (Fsp3) is 0.500. The monoisotopic (exact) mass is 203 g/mol. The van der Waals surface area contributed by atoms with Gasteiger partial charge in [0, 0.05) is 13.1 Å². The first-order chi connectivity index (χ1) is 7.10. The molecule has 1 N–H and O–H groups in total. The molecule has 3 heteroatoms. The second-order valence-corrected chi connectivity index (χ2v) is 4.70. The predicted molar refractivity (Wildman–Crippen MR) is 65.2 cm³/mol. The van der Waals surface area contributed by atoms with Gasteiger partial charge in [-0.05, 0) is 25.5 Å².